The van der Waals surface area contributed by atoms with Crippen molar-refractivity contribution in [1.29, 1.82) is 0 Å². The number of ether oxygens (including phenoxy) is 1. The van der Waals surface area contributed by atoms with Crippen LogP contribution in [0.25, 0.3) is 0 Å². The summed E-state index contributed by atoms with van der Waals surface area (Å²) in [6.45, 7) is 15.1. The summed E-state index contributed by atoms with van der Waals surface area (Å²) in [5, 5.41) is 10.3. The molecule has 0 radical (unpaired) electrons. The molecule has 1 aromatic carbocycles. The molecule has 0 aliphatic carbocycles. The number of likely N-dealkylation sites (N-methyl/N-ethyl adjacent to an activating group) is 1. The molecule has 0 aromatic heterocycles. The van der Waals surface area contributed by atoms with E-state index in [0.29, 0.717) is 13.2 Å². The third-order valence-corrected chi connectivity index (χ3v) is 4.51. The maximum Gasteiger partial charge on any atom is 0.123 e. The number of para-hydroxylation sites is 1. The number of hydrogen-bond acceptors (Lipinski definition) is 4. The van der Waals surface area contributed by atoms with Crippen LogP contribution in [0.5, 0.6) is 5.75 Å². The summed E-state index contributed by atoms with van der Waals surface area (Å²) < 4.78 is 5.92. The van der Waals surface area contributed by atoms with Gasteiger partial charge in [-0.3, -0.25) is 4.90 Å². The molecule has 1 heterocycles. The fourth-order valence-corrected chi connectivity index (χ4v) is 3.04. The van der Waals surface area contributed by atoms with Gasteiger partial charge in [0.1, 0.15) is 18.5 Å². The highest BCUT2D eigenvalue weighted by Crippen LogP contribution is 2.30. The van der Waals surface area contributed by atoms with E-state index >= 15 is 0 Å². The van der Waals surface area contributed by atoms with Crippen LogP contribution < -0.4 is 4.74 Å². The third-order valence-electron chi connectivity index (χ3n) is 4.51. The molecule has 1 aromatic rings. The number of aliphatic hydroxyl groups is 1. The zero-order chi connectivity index (χ0) is 16.9. The molecule has 2 rings (SSSR count). The summed E-state index contributed by atoms with van der Waals surface area (Å²) in [7, 11) is 0. The Labute approximate surface area is 141 Å². The van der Waals surface area contributed by atoms with Crippen molar-refractivity contribution >= 4 is 0 Å². The predicted octanol–water partition coefficient (Wildman–Crippen LogP) is 2.36. The molecule has 4 heteroatoms. The zero-order valence-corrected chi connectivity index (χ0v) is 15.1. The van der Waals surface area contributed by atoms with Crippen LogP contribution in [0.4, 0.5) is 0 Å². The largest absolute Gasteiger partial charge is 0.491 e. The maximum absolute atomic E-state index is 10.3. The van der Waals surface area contributed by atoms with E-state index in [2.05, 4.69) is 43.6 Å². The van der Waals surface area contributed by atoms with E-state index in [0.717, 1.165) is 38.5 Å². The van der Waals surface area contributed by atoms with Gasteiger partial charge < -0.3 is 14.7 Å². The second-order valence-corrected chi connectivity index (χ2v) is 7.45. The molecule has 1 saturated heterocycles. The second kappa shape index (κ2) is 8.13. The minimum atomic E-state index is -0.448. The average molecular weight is 320 g/mol. The normalized spacial score (nSPS) is 18.8. The van der Waals surface area contributed by atoms with E-state index in [4.69, 9.17) is 4.74 Å². The molecule has 130 valence electrons. The van der Waals surface area contributed by atoms with Crippen LogP contribution in [0.3, 0.4) is 0 Å². The summed E-state index contributed by atoms with van der Waals surface area (Å²) in [6, 6.07) is 8.12. The number of benzene rings is 1. The number of nitrogens with zero attached hydrogens (tertiary/aromatic N) is 2. The van der Waals surface area contributed by atoms with Crippen molar-refractivity contribution in [2.45, 2.75) is 39.2 Å². The van der Waals surface area contributed by atoms with Gasteiger partial charge in [0.2, 0.25) is 0 Å². The van der Waals surface area contributed by atoms with E-state index in [9.17, 15) is 5.11 Å². The molecular weight excluding hydrogens is 288 g/mol. The van der Waals surface area contributed by atoms with E-state index in [1.165, 1.54) is 5.56 Å². The first-order chi connectivity index (χ1) is 10.9. The van der Waals surface area contributed by atoms with Crippen LogP contribution in [0.2, 0.25) is 0 Å². The lowest BCUT2D eigenvalue weighted by Gasteiger charge is -2.35. The van der Waals surface area contributed by atoms with Gasteiger partial charge in [0.25, 0.3) is 0 Å². The van der Waals surface area contributed by atoms with Crippen LogP contribution in [0, 0.1) is 0 Å². The van der Waals surface area contributed by atoms with Gasteiger partial charge in [-0.15, -0.1) is 0 Å². The van der Waals surface area contributed by atoms with Crippen LogP contribution >= 0.6 is 0 Å². The molecule has 0 spiro atoms. The minimum absolute atomic E-state index is 0.0397. The molecule has 1 N–H and O–H groups in total. The monoisotopic (exact) mass is 320 g/mol. The maximum atomic E-state index is 10.3. The Morgan fingerprint density at radius 3 is 2.30 bits per heavy atom. The van der Waals surface area contributed by atoms with Gasteiger partial charge in [-0.25, -0.2) is 0 Å². The summed E-state index contributed by atoms with van der Waals surface area (Å²) in [4.78, 5) is 4.77. The highest BCUT2D eigenvalue weighted by atomic mass is 16.5. The van der Waals surface area contributed by atoms with Crippen LogP contribution in [-0.4, -0.2) is 66.9 Å². The molecule has 0 saturated carbocycles. The molecule has 0 bridgehead atoms. The number of β-amino-alcohol motifs (C(OH)–C–C–N with tert-alkyl or cyclic N) is 1. The van der Waals surface area contributed by atoms with Crippen LogP contribution in [0.1, 0.15) is 33.3 Å². The third kappa shape index (κ3) is 5.48. The molecule has 1 aliphatic rings. The van der Waals surface area contributed by atoms with E-state index in [-0.39, 0.29) is 5.41 Å². The van der Waals surface area contributed by atoms with Crippen molar-refractivity contribution < 1.29 is 9.84 Å². The first kappa shape index (κ1) is 18.2. The Balaban J connectivity index is 1.82. The van der Waals surface area contributed by atoms with Gasteiger partial charge in [0, 0.05) is 32.7 Å². The SMILES string of the molecule is CCN1CCN(CC(O)COc2ccccc2C(C)(C)C)CC1. The van der Waals surface area contributed by atoms with Crippen molar-refractivity contribution in [3.63, 3.8) is 0 Å². The van der Waals surface area contributed by atoms with Crippen LogP contribution in [-0.2, 0) is 5.41 Å². The Hall–Kier alpha value is -1.10. The standard InChI is InChI=1S/C19H32N2O2/c1-5-20-10-12-21(13-11-20)14-16(22)15-23-18-9-7-6-8-17(18)19(2,3)4/h6-9,16,22H,5,10-15H2,1-4H3. The van der Waals surface area contributed by atoms with E-state index < -0.39 is 6.10 Å². The van der Waals surface area contributed by atoms with Crippen molar-refractivity contribution in [3.8, 4) is 5.75 Å². The molecule has 1 fully saturated rings. The fraction of sp³-hybridized carbons (Fsp3) is 0.684. The molecule has 0 amide bonds. The quantitative estimate of drug-likeness (QED) is 0.873. The lowest BCUT2D eigenvalue weighted by atomic mass is 9.86. The number of aliphatic hydroxyl groups excluding tert-OH is 1. The zero-order valence-electron chi connectivity index (χ0n) is 15.1. The Bertz CT molecular complexity index is 477. The van der Waals surface area contributed by atoms with Gasteiger partial charge in [-0.1, -0.05) is 45.9 Å². The Kier molecular flexibility index (Phi) is 6.45. The van der Waals surface area contributed by atoms with E-state index in [1.807, 2.05) is 18.2 Å². The number of hydrogen-bond donors (Lipinski definition) is 1. The highest BCUT2D eigenvalue weighted by Gasteiger charge is 2.21. The van der Waals surface area contributed by atoms with Gasteiger partial charge in [-0.2, -0.15) is 0 Å². The summed E-state index contributed by atoms with van der Waals surface area (Å²) in [5.41, 5.74) is 1.22. The summed E-state index contributed by atoms with van der Waals surface area (Å²) >= 11 is 0. The van der Waals surface area contributed by atoms with Crippen LogP contribution in [0.15, 0.2) is 24.3 Å². The minimum Gasteiger partial charge on any atom is -0.491 e. The Morgan fingerprint density at radius 2 is 1.70 bits per heavy atom. The first-order valence-corrected chi connectivity index (χ1v) is 8.75. The van der Waals surface area contributed by atoms with Gasteiger partial charge in [-0.05, 0) is 23.6 Å². The molecule has 1 atom stereocenters. The summed E-state index contributed by atoms with van der Waals surface area (Å²) in [5.74, 6) is 0.884. The molecule has 23 heavy (non-hydrogen) atoms. The molecule has 1 aliphatic heterocycles. The molecule has 1 unspecified atom stereocenters. The molecule has 4 nitrogen and oxygen atoms in total. The Morgan fingerprint density at radius 1 is 1.09 bits per heavy atom. The predicted molar refractivity (Wildman–Crippen MR) is 95.2 cm³/mol. The van der Waals surface area contributed by atoms with E-state index in [1.54, 1.807) is 0 Å². The van der Waals surface area contributed by atoms with Gasteiger partial charge in [0.15, 0.2) is 0 Å². The van der Waals surface area contributed by atoms with Crippen molar-refractivity contribution in [2.24, 2.45) is 0 Å². The fourth-order valence-electron chi connectivity index (χ4n) is 3.04. The van der Waals surface area contributed by atoms with Crippen molar-refractivity contribution in [3.05, 3.63) is 29.8 Å². The lowest BCUT2D eigenvalue weighted by molar-refractivity contribution is 0.0466. The van der Waals surface area contributed by atoms with Gasteiger partial charge in [0.05, 0.1) is 0 Å². The van der Waals surface area contributed by atoms with Crippen molar-refractivity contribution in [2.75, 3.05) is 45.9 Å². The van der Waals surface area contributed by atoms with Crippen molar-refractivity contribution in [1.82, 2.24) is 9.80 Å². The highest BCUT2D eigenvalue weighted by molar-refractivity contribution is 5.38. The number of piperazine rings is 1. The smallest absolute Gasteiger partial charge is 0.123 e. The number of rotatable bonds is 6. The first-order valence-electron chi connectivity index (χ1n) is 8.75. The lowest BCUT2D eigenvalue weighted by Crippen LogP contribution is -2.49. The topological polar surface area (TPSA) is 35.9 Å². The molecular formula is C19H32N2O2. The van der Waals surface area contributed by atoms with Gasteiger partial charge >= 0.3 is 0 Å². The average Bonchev–Trinajstić information content (AvgIpc) is 2.53. The second-order valence-electron chi connectivity index (χ2n) is 7.45. The summed E-state index contributed by atoms with van der Waals surface area (Å²) in [6.07, 6.45) is -0.448.